The van der Waals surface area contributed by atoms with Crippen molar-refractivity contribution in [2.75, 3.05) is 12.3 Å². The lowest BCUT2D eigenvalue weighted by Crippen LogP contribution is -2.34. The minimum atomic E-state index is 0.343. The van der Waals surface area contributed by atoms with E-state index in [0.29, 0.717) is 10.8 Å². The highest BCUT2D eigenvalue weighted by atomic mass is 32.2. The molecule has 0 aliphatic heterocycles. The fourth-order valence-electron chi connectivity index (χ4n) is 1.88. The maximum atomic E-state index is 4.41. The van der Waals surface area contributed by atoms with Crippen molar-refractivity contribution in [3.63, 3.8) is 0 Å². The van der Waals surface area contributed by atoms with Crippen LogP contribution in [-0.2, 0) is 13.5 Å². The minimum Gasteiger partial charge on any atom is -0.338 e. The summed E-state index contributed by atoms with van der Waals surface area (Å²) in [6, 6.07) is 0.584. The zero-order chi connectivity index (χ0) is 14.3. The molecule has 1 N–H and O–H groups in total. The van der Waals surface area contributed by atoms with E-state index in [1.165, 1.54) is 18.0 Å². The van der Waals surface area contributed by atoms with Crippen LogP contribution in [0.25, 0.3) is 0 Å². The van der Waals surface area contributed by atoms with Gasteiger partial charge in [-0.05, 0) is 19.4 Å². The van der Waals surface area contributed by atoms with E-state index in [1.54, 1.807) is 0 Å². The molecule has 0 amide bonds. The second-order valence-corrected chi connectivity index (χ2v) is 7.91. The number of thioether (sulfide) groups is 1. The van der Waals surface area contributed by atoms with Crippen molar-refractivity contribution in [2.24, 2.45) is 7.05 Å². The molecular formula is C15H29N3S. The number of hydrogen-bond donors (Lipinski definition) is 1. The van der Waals surface area contributed by atoms with Crippen molar-refractivity contribution in [1.82, 2.24) is 14.9 Å². The fraction of sp³-hybridized carbons (Fsp3) is 0.800. The van der Waals surface area contributed by atoms with Gasteiger partial charge < -0.3 is 9.88 Å². The summed E-state index contributed by atoms with van der Waals surface area (Å²) in [6.45, 7) is 10.2. The summed E-state index contributed by atoms with van der Waals surface area (Å²) in [5.41, 5.74) is 0. The first-order valence-corrected chi connectivity index (χ1v) is 8.24. The van der Waals surface area contributed by atoms with Gasteiger partial charge in [-0.2, -0.15) is 11.8 Å². The zero-order valence-corrected chi connectivity index (χ0v) is 13.9. The largest absolute Gasteiger partial charge is 0.338 e. The van der Waals surface area contributed by atoms with Crippen LogP contribution in [0.4, 0.5) is 0 Å². The molecule has 1 unspecified atom stereocenters. The average Bonchev–Trinajstić information content (AvgIpc) is 2.73. The molecule has 0 aromatic carbocycles. The van der Waals surface area contributed by atoms with Crippen molar-refractivity contribution in [3.05, 3.63) is 18.2 Å². The summed E-state index contributed by atoms with van der Waals surface area (Å²) in [5, 5.41) is 3.67. The third-order valence-electron chi connectivity index (χ3n) is 3.04. The van der Waals surface area contributed by atoms with Gasteiger partial charge in [0.25, 0.3) is 0 Å². The van der Waals surface area contributed by atoms with Crippen LogP contribution in [-0.4, -0.2) is 32.6 Å². The second kappa shape index (κ2) is 7.95. The second-order valence-electron chi connectivity index (χ2n) is 6.07. The van der Waals surface area contributed by atoms with Crippen molar-refractivity contribution >= 4 is 11.8 Å². The molecule has 1 rings (SSSR count). The molecule has 0 spiro atoms. The van der Waals surface area contributed by atoms with E-state index in [9.17, 15) is 0 Å². The molecule has 4 heteroatoms. The van der Waals surface area contributed by atoms with Gasteiger partial charge in [-0.15, -0.1) is 0 Å². The monoisotopic (exact) mass is 283 g/mol. The Bertz CT molecular complexity index is 355. The first kappa shape index (κ1) is 16.6. The Kier molecular flexibility index (Phi) is 6.94. The third kappa shape index (κ3) is 7.02. The molecule has 1 aromatic heterocycles. The standard InChI is InChI=1S/C15H29N3S/c1-6-9-16-13(12-19-15(2,3)4)7-8-14-17-10-11-18(14)5/h10-11,13,16H,6-9,12H2,1-5H3. The topological polar surface area (TPSA) is 29.9 Å². The first-order valence-electron chi connectivity index (χ1n) is 7.26. The van der Waals surface area contributed by atoms with Crippen LogP contribution in [0.1, 0.15) is 46.4 Å². The van der Waals surface area contributed by atoms with Gasteiger partial charge in [0.2, 0.25) is 0 Å². The molecule has 0 aliphatic rings. The smallest absolute Gasteiger partial charge is 0.108 e. The van der Waals surface area contributed by atoms with E-state index >= 15 is 0 Å². The van der Waals surface area contributed by atoms with Crippen molar-refractivity contribution in [3.8, 4) is 0 Å². The molecule has 1 atom stereocenters. The van der Waals surface area contributed by atoms with Crippen LogP contribution in [0, 0.1) is 0 Å². The number of imidazole rings is 1. The number of hydrogen-bond acceptors (Lipinski definition) is 3. The van der Waals surface area contributed by atoms with Gasteiger partial charge in [-0.3, -0.25) is 0 Å². The summed E-state index contributed by atoms with van der Waals surface area (Å²) < 4.78 is 2.46. The molecule has 0 radical (unpaired) electrons. The summed E-state index contributed by atoms with van der Waals surface area (Å²) >= 11 is 2.04. The molecular weight excluding hydrogens is 254 g/mol. The van der Waals surface area contributed by atoms with Crippen LogP contribution < -0.4 is 5.32 Å². The van der Waals surface area contributed by atoms with Gasteiger partial charge in [0.1, 0.15) is 5.82 Å². The van der Waals surface area contributed by atoms with Crippen molar-refractivity contribution < 1.29 is 0 Å². The molecule has 0 fully saturated rings. The number of aromatic nitrogens is 2. The van der Waals surface area contributed by atoms with Crippen LogP contribution in [0.2, 0.25) is 0 Å². The van der Waals surface area contributed by atoms with E-state index in [4.69, 9.17) is 0 Å². The lowest BCUT2D eigenvalue weighted by molar-refractivity contribution is 0.510. The van der Waals surface area contributed by atoms with Crippen LogP contribution in [0.5, 0.6) is 0 Å². The normalized spacial score (nSPS) is 13.7. The van der Waals surface area contributed by atoms with Gasteiger partial charge in [0, 0.05) is 42.4 Å². The summed E-state index contributed by atoms with van der Waals surface area (Å²) in [6.07, 6.45) is 7.31. The third-order valence-corrected chi connectivity index (χ3v) is 4.47. The van der Waals surface area contributed by atoms with E-state index in [-0.39, 0.29) is 0 Å². The average molecular weight is 283 g/mol. The Balaban J connectivity index is 2.42. The fourth-order valence-corrected chi connectivity index (χ4v) is 2.87. The Morgan fingerprint density at radius 2 is 2.16 bits per heavy atom. The Labute approximate surface area is 122 Å². The highest BCUT2D eigenvalue weighted by Gasteiger charge is 2.16. The van der Waals surface area contributed by atoms with E-state index < -0.39 is 0 Å². The lowest BCUT2D eigenvalue weighted by atomic mass is 10.1. The van der Waals surface area contributed by atoms with E-state index in [2.05, 4.69) is 49.6 Å². The zero-order valence-electron chi connectivity index (χ0n) is 13.1. The van der Waals surface area contributed by atoms with Crippen LogP contribution in [0.3, 0.4) is 0 Å². The van der Waals surface area contributed by atoms with Crippen molar-refractivity contribution in [1.29, 1.82) is 0 Å². The number of aryl methyl sites for hydroxylation is 2. The molecule has 1 aromatic rings. The lowest BCUT2D eigenvalue weighted by Gasteiger charge is -2.23. The molecule has 19 heavy (non-hydrogen) atoms. The highest BCUT2D eigenvalue weighted by molar-refractivity contribution is 8.00. The minimum absolute atomic E-state index is 0.343. The summed E-state index contributed by atoms with van der Waals surface area (Å²) in [4.78, 5) is 4.41. The first-order chi connectivity index (χ1) is 8.92. The van der Waals surface area contributed by atoms with E-state index in [0.717, 1.165) is 19.4 Å². The maximum absolute atomic E-state index is 4.41. The molecule has 0 bridgehead atoms. The Morgan fingerprint density at radius 3 is 2.68 bits per heavy atom. The van der Waals surface area contributed by atoms with Gasteiger partial charge in [-0.1, -0.05) is 27.7 Å². The molecule has 110 valence electrons. The molecule has 0 aliphatic carbocycles. The molecule has 0 saturated carbocycles. The number of nitrogens with one attached hydrogen (secondary N) is 1. The van der Waals surface area contributed by atoms with Crippen LogP contribution >= 0.6 is 11.8 Å². The van der Waals surface area contributed by atoms with Gasteiger partial charge >= 0.3 is 0 Å². The Morgan fingerprint density at radius 1 is 1.42 bits per heavy atom. The summed E-state index contributed by atoms with van der Waals surface area (Å²) in [7, 11) is 2.07. The van der Waals surface area contributed by atoms with Gasteiger partial charge in [0.05, 0.1) is 0 Å². The number of nitrogens with zero attached hydrogens (tertiary/aromatic N) is 2. The SMILES string of the molecule is CCCNC(CCc1nccn1C)CSC(C)(C)C. The van der Waals surface area contributed by atoms with Gasteiger partial charge in [-0.25, -0.2) is 4.98 Å². The van der Waals surface area contributed by atoms with Gasteiger partial charge in [0.15, 0.2) is 0 Å². The molecule has 0 saturated heterocycles. The predicted octanol–water partition coefficient (Wildman–Crippen LogP) is 3.25. The highest BCUT2D eigenvalue weighted by Crippen LogP contribution is 2.24. The maximum Gasteiger partial charge on any atom is 0.108 e. The molecule has 3 nitrogen and oxygen atoms in total. The summed E-state index contributed by atoms with van der Waals surface area (Å²) in [5.74, 6) is 2.36. The van der Waals surface area contributed by atoms with Crippen molar-refractivity contribution in [2.45, 2.75) is 57.7 Å². The quantitative estimate of drug-likeness (QED) is 0.794. The van der Waals surface area contributed by atoms with Crippen LogP contribution in [0.15, 0.2) is 12.4 Å². The Hall–Kier alpha value is -0.480. The van der Waals surface area contributed by atoms with E-state index in [1.807, 2.05) is 24.2 Å². The predicted molar refractivity (Wildman–Crippen MR) is 85.8 cm³/mol. The number of rotatable bonds is 8. The molecule has 1 heterocycles.